The van der Waals surface area contributed by atoms with Gasteiger partial charge in [-0.1, -0.05) is 23.7 Å². The predicted molar refractivity (Wildman–Crippen MR) is 75.1 cm³/mol. The first-order chi connectivity index (χ1) is 9.17. The summed E-state index contributed by atoms with van der Waals surface area (Å²) in [6.07, 6.45) is 5.51. The van der Waals surface area contributed by atoms with Crippen LogP contribution in [0.5, 0.6) is 0 Å². The van der Waals surface area contributed by atoms with Gasteiger partial charge in [-0.25, -0.2) is 4.98 Å². The zero-order chi connectivity index (χ0) is 13.8. The zero-order valence-corrected chi connectivity index (χ0v) is 11.3. The molecule has 19 heavy (non-hydrogen) atoms. The third-order valence-corrected chi connectivity index (χ3v) is 3.10. The van der Waals surface area contributed by atoms with Gasteiger partial charge >= 0.3 is 0 Å². The number of aryl methyl sites for hydroxylation is 1. The third-order valence-electron chi connectivity index (χ3n) is 2.80. The van der Waals surface area contributed by atoms with Gasteiger partial charge in [0.05, 0.1) is 10.7 Å². The van der Waals surface area contributed by atoms with Gasteiger partial charge in [0.25, 0.3) is 0 Å². The summed E-state index contributed by atoms with van der Waals surface area (Å²) in [5.74, 6) is 0.994. The number of benzene rings is 1. The summed E-state index contributed by atoms with van der Waals surface area (Å²) in [5, 5.41) is 12.1. The molecule has 100 valence electrons. The molecule has 0 saturated heterocycles. The van der Waals surface area contributed by atoms with Crippen LogP contribution in [-0.4, -0.2) is 20.6 Å². The fourth-order valence-electron chi connectivity index (χ4n) is 1.88. The van der Waals surface area contributed by atoms with Crippen molar-refractivity contribution in [2.45, 2.75) is 19.8 Å². The van der Waals surface area contributed by atoms with Gasteiger partial charge in [0.1, 0.15) is 5.82 Å². The Morgan fingerprint density at radius 1 is 1.53 bits per heavy atom. The Bertz CT molecular complexity index is 606. The van der Waals surface area contributed by atoms with Gasteiger partial charge in [-0.05, 0) is 24.6 Å². The van der Waals surface area contributed by atoms with Crippen molar-refractivity contribution < 1.29 is 5.21 Å². The zero-order valence-electron chi connectivity index (χ0n) is 10.5. The highest BCUT2D eigenvalue weighted by Gasteiger charge is 2.09. The quantitative estimate of drug-likeness (QED) is 0.391. The van der Waals surface area contributed by atoms with E-state index in [4.69, 9.17) is 22.5 Å². The lowest BCUT2D eigenvalue weighted by Crippen LogP contribution is -2.13. The standard InChI is InChI=1S/C13H15ClN4O/c1-2-3-12-16-6-7-18(12)11-5-4-9(8-10(11)14)13(15)17-19/h4-8,19H,2-3H2,1H3,(H2,15,17). The molecule has 0 amide bonds. The van der Waals surface area contributed by atoms with Crippen molar-refractivity contribution in [3.8, 4) is 5.69 Å². The molecular formula is C13H15ClN4O. The predicted octanol–water partition coefficient (Wildman–Crippen LogP) is 2.57. The van der Waals surface area contributed by atoms with E-state index in [0.29, 0.717) is 10.6 Å². The van der Waals surface area contributed by atoms with Crippen LogP contribution >= 0.6 is 11.6 Å². The summed E-state index contributed by atoms with van der Waals surface area (Å²) >= 11 is 6.25. The van der Waals surface area contributed by atoms with E-state index in [-0.39, 0.29) is 5.84 Å². The average molecular weight is 279 g/mol. The molecule has 1 aromatic heterocycles. The normalized spacial score (nSPS) is 11.8. The monoisotopic (exact) mass is 278 g/mol. The number of amidine groups is 1. The number of nitrogens with zero attached hydrogens (tertiary/aromatic N) is 3. The highest BCUT2D eigenvalue weighted by Crippen LogP contribution is 2.23. The van der Waals surface area contributed by atoms with Crippen LogP contribution < -0.4 is 5.73 Å². The molecule has 0 aliphatic heterocycles. The van der Waals surface area contributed by atoms with E-state index in [2.05, 4.69) is 17.1 Å². The van der Waals surface area contributed by atoms with Gasteiger partial charge in [-0.3, -0.25) is 0 Å². The molecule has 0 aliphatic rings. The topological polar surface area (TPSA) is 76.4 Å². The van der Waals surface area contributed by atoms with Gasteiger partial charge in [0.15, 0.2) is 5.84 Å². The minimum Gasteiger partial charge on any atom is -0.409 e. The molecule has 0 bridgehead atoms. The lowest BCUT2D eigenvalue weighted by atomic mass is 10.2. The Labute approximate surface area is 116 Å². The number of halogens is 1. The Morgan fingerprint density at radius 3 is 2.95 bits per heavy atom. The van der Waals surface area contributed by atoms with Crippen LogP contribution in [0.2, 0.25) is 5.02 Å². The molecule has 0 radical (unpaired) electrons. The first-order valence-corrected chi connectivity index (χ1v) is 6.35. The number of nitrogens with two attached hydrogens (primary N) is 1. The summed E-state index contributed by atoms with van der Waals surface area (Å²) in [6, 6.07) is 5.25. The molecule has 0 saturated carbocycles. The Hall–Kier alpha value is -2.01. The molecule has 3 N–H and O–H groups in total. The lowest BCUT2D eigenvalue weighted by Gasteiger charge is -2.10. The molecule has 2 aromatic rings. The molecule has 0 aliphatic carbocycles. The fraction of sp³-hybridized carbons (Fsp3) is 0.231. The van der Waals surface area contributed by atoms with Gasteiger partial charge in [-0.15, -0.1) is 0 Å². The smallest absolute Gasteiger partial charge is 0.170 e. The van der Waals surface area contributed by atoms with Crippen molar-refractivity contribution >= 4 is 17.4 Å². The van der Waals surface area contributed by atoms with Crippen LogP contribution in [-0.2, 0) is 6.42 Å². The van der Waals surface area contributed by atoms with Crippen LogP contribution in [0.1, 0.15) is 24.7 Å². The van der Waals surface area contributed by atoms with Gasteiger partial charge < -0.3 is 15.5 Å². The van der Waals surface area contributed by atoms with Gasteiger partial charge in [0.2, 0.25) is 0 Å². The van der Waals surface area contributed by atoms with Gasteiger partial charge in [-0.2, -0.15) is 0 Å². The number of rotatable bonds is 4. The summed E-state index contributed by atoms with van der Waals surface area (Å²) < 4.78 is 1.95. The number of hydrogen-bond acceptors (Lipinski definition) is 3. The largest absolute Gasteiger partial charge is 0.409 e. The first-order valence-electron chi connectivity index (χ1n) is 5.97. The van der Waals surface area contributed by atoms with Crippen molar-refractivity contribution in [2.24, 2.45) is 10.9 Å². The van der Waals surface area contributed by atoms with E-state index >= 15 is 0 Å². The minimum atomic E-state index is 0.0351. The Morgan fingerprint density at radius 2 is 2.32 bits per heavy atom. The van der Waals surface area contributed by atoms with E-state index in [1.807, 2.05) is 16.8 Å². The Balaban J connectivity index is 2.43. The molecular weight excluding hydrogens is 264 g/mol. The van der Waals surface area contributed by atoms with E-state index in [9.17, 15) is 0 Å². The highest BCUT2D eigenvalue weighted by molar-refractivity contribution is 6.32. The highest BCUT2D eigenvalue weighted by atomic mass is 35.5. The van der Waals surface area contributed by atoms with Crippen LogP contribution in [0, 0.1) is 0 Å². The summed E-state index contributed by atoms with van der Waals surface area (Å²) in [6.45, 7) is 2.10. The van der Waals surface area contributed by atoms with Crippen molar-refractivity contribution in [3.63, 3.8) is 0 Å². The third kappa shape index (κ3) is 2.71. The van der Waals surface area contributed by atoms with Crippen molar-refractivity contribution in [1.82, 2.24) is 9.55 Å². The SMILES string of the molecule is CCCc1nccn1-c1ccc(C(N)=NO)cc1Cl. The van der Waals surface area contributed by atoms with Crippen LogP contribution in [0.25, 0.3) is 5.69 Å². The van der Waals surface area contributed by atoms with E-state index < -0.39 is 0 Å². The lowest BCUT2D eigenvalue weighted by molar-refractivity contribution is 0.318. The molecule has 1 aromatic carbocycles. The molecule has 0 fully saturated rings. The maximum atomic E-state index is 8.65. The maximum absolute atomic E-state index is 8.65. The molecule has 2 rings (SSSR count). The van der Waals surface area contributed by atoms with Crippen LogP contribution in [0.3, 0.4) is 0 Å². The van der Waals surface area contributed by atoms with Crippen molar-refractivity contribution in [3.05, 3.63) is 47.0 Å². The molecule has 6 heteroatoms. The summed E-state index contributed by atoms with van der Waals surface area (Å²) in [5.41, 5.74) is 6.94. The van der Waals surface area contributed by atoms with E-state index in [1.54, 1.807) is 18.3 Å². The van der Waals surface area contributed by atoms with Crippen molar-refractivity contribution in [2.75, 3.05) is 0 Å². The second-order valence-corrected chi connectivity index (χ2v) is 4.52. The van der Waals surface area contributed by atoms with E-state index in [1.165, 1.54) is 0 Å². The van der Waals surface area contributed by atoms with Crippen LogP contribution in [0.4, 0.5) is 0 Å². The number of aromatic nitrogens is 2. The molecule has 0 unspecified atom stereocenters. The van der Waals surface area contributed by atoms with Crippen molar-refractivity contribution in [1.29, 1.82) is 0 Å². The average Bonchev–Trinajstić information content (AvgIpc) is 2.86. The van der Waals surface area contributed by atoms with E-state index in [0.717, 1.165) is 24.4 Å². The molecule has 0 spiro atoms. The van der Waals surface area contributed by atoms with Crippen LogP contribution in [0.15, 0.2) is 35.7 Å². The summed E-state index contributed by atoms with van der Waals surface area (Å²) in [7, 11) is 0. The number of oxime groups is 1. The first kappa shape index (κ1) is 13.4. The number of imidazole rings is 1. The fourth-order valence-corrected chi connectivity index (χ4v) is 2.15. The molecule has 1 heterocycles. The number of hydrogen-bond donors (Lipinski definition) is 2. The van der Waals surface area contributed by atoms with Gasteiger partial charge in [0, 0.05) is 24.4 Å². The molecule has 5 nitrogen and oxygen atoms in total. The minimum absolute atomic E-state index is 0.0351. The second-order valence-electron chi connectivity index (χ2n) is 4.11. The maximum Gasteiger partial charge on any atom is 0.170 e. The summed E-state index contributed by atoms with van der Waals surface area (Å²) in [4.78, 5) is 4.31. The Kier molecular flexibility index (Phi) is 4.06. The second kappa shape index (κ2) is 5.75. The molecule has 0 atom stereocenters.